The molecule has 0 radical (unpaired) electrons. The molecule has 1 unspecified atom stereocenters. The van der Waals surface area contributed by atoms with Crippen molar-refractivity contribution in [1.82, 2.24) is 4.90 Å². The molecule has 1 amide bonds. The number of aliphatic hydroxyl groups excluding tert-OH is 1. The average Bonchev–Trinajstić information content (AvgIpc) is 2.98. The fourth-order valence-corrected chi connectivity index (χ4v) is 3.71. The number of amides is 1. The molecule has 0 saturated carbocycles. The molecule has 1 fully saturated rings. The van der Waals surface area contributed by atoms with Gasteiger partial charge in [-0.05, 0) is 35.9 Å². The Morgan fingerprint density at radius 1 is 1.13 bits per heavy atom. The molecule has 0 bridgehead atoms. The number of halogens is 2. The van der Waals surface area contributed by atoms with Gasteiger partial charge in [0.05, 0.1) is 35.9 Å². The molecule has 2 aromatic rings. The van der Waals surface area contributed by atoms with E-state index in [1.54, 1.807) is 12.1 Å². The molecule has 158 valence electrons. The molecule has 30 heavy (non-hydrogen) atoms. The summed E-state index contributed by atoms with van der Waals surface area (Å²) in [6, 6.07) is 7.95. The van der Waals surface area contributed by atoms with Crippen molar-refractivity contribution in [3.8, 4) is 11.5 Å². The van der Waals surface area contributed by atoms with Crippen molar-refractivity contribution in [2.75, 3.05) is 27.4 Å². The number of likely N-dealkylation sites (tertiary alicyclic amines) is 1. The third kappa shape index (κ3) is 3.96. The molecular formula is C21H19Cl2NO6. The molecule has 9 heteroatoms. The summed E-state index contributed by atoms with van der Waals surface area (Å²) < 4.78 is 10.3. The molecule has 3 rings (SSSR count). The van der Waals surface area contributed by atoms with Crippen LogP contribution in [0.25, 0.3) is 5.76 Å². The van der Waals surface area contributed by atoms with Crippen LogP contribution in [0.15, 0.2) is 42.0 Å². The summed E-state index contributed by atoms with van der Waals surface area (Å²) in [5.74, 6) is -1.95. The quantitative estimate of drug-likeness (QED) is 0.394. The standard InChI is InChI=1S/C21H19Cl2NO6/c1-29-8-7-24-18(11-3-5-15(25)14(23)9-11)17(20(27)21(24)28)19(26)13-10-12(22)4-6-16(13)30-2/h3-6,9-10,18,25-26H,7-8H2,1-2H3/b19-17+. The summed E-state index contributed by atoms with van der Waals surface area (Å²) in [7, 11) is 2.88. The highest BCUT2D eigenvalue weighted by Crippen LogP contribution is 2.42. The summed E-state index contributed by atoms with van der Waals surface area (Å²) in [5, 5.41) is 21.2. The maximum atomic E-state index is 12.9. The van der Waals surface area contributed by atoms with E-state index in [-0.39, 0.29) is 40.8 Å². The molecule has 2 N–H and O–H groups in total. The summed E-state index contributed by atoms with van der Waals surface area (Å²) in [5.41, 5.74) is 0.471. The van der Waals surface area contributed by atoms with Gasteiger partial charge in [-0.15, -0.1) is 0 Å². The van der Waals surface area contributed by atoms with Gasteiger partial charge >= 0.3 is 0 Å². The number of aromatic hydroxyl groups is 1. The number of methoxy groups -OCH3 is 2. The lowest BCUT2D eigenvalue weighted by atomic mass is 9.95. The minimum atomic E-state index is -0.943. The first-order valence-electron chi connectivity index (χ1n) is 8.89. The van der Waals surface area contributed by atoms with Crippen LogP contribution in [0.5, 0.6) is 11.5 Å². The van der Waals surface area contributed by atoms with Crippen LogP contribution in [-0.4, -0.2) is 54.2 Å². The molecule has 2 aromatic carbocycles. The number of nitrogens with zero attached hydrogens (tertiary/aromatic N) is 1. The van der Waals surface area contributed by atoms with Crippen LogP contribution < -0.4 is 4.74 Å². The maximum Gasteiger partial charge on any atom is 0.295 e. The first-order chi connectivity index (χ1) is 14.3. The highest BCUT2D eigenvalue weighted by Gasteiger charge is 2.46. The molecule has 1 atom stereocenters. The van der Waals surface area contributed by atoms with Crippen molar-refractivity contribution >= 4 is 40.7 Å². The van der Waals surface area contributed by atoms with Gasteiger partial charge in [-0.3, -0.25) is 9.59 Å². The second kappa shape index (κ2) is 8.95. The van der Waals surface area contributed by atoms with E-state index in [9.17, 15) is 19.8 Å². The number of phenolic OH excluding ortho intramolecular Hbond substituents is 1. The summed E-state index contributed by atoms with van der Waals surface area (Å²) in [4.78, 5) is 26.9. The van der Waals surface area contributed by atoms with Crippen molar-refractivity contribution in [3.63, 3.8) is 0 Å². The third-order valence-electron chi connectivity index (χ3n) is 4.78. The van der Waals surface area contributed by atoms with Gasteiger partial charge in [-0.2, -0.15) is 0 Å². The molecule has 1 saturated heterocycles. The van der Waals surface area contributed by atoms with Gasteiger partial charge in [0, 0.05) is 18.7 Å². The lowest BCUT2D eigenvalue weighted by molar-refractivity contribution is -0.140. The van der Waals surface area contributed by atoms with E-state index in [0.29, 0.717) is 10.6 Å². The second-order valence-corrected chi connectivity index (χ2v) is 7.38. The van der Waals surface area contributed by atoms with Crippen LogP contribution in [0.4, 0.5) is 0 Å². The largest absolute Gasteiger partial charge is 0.507 e. The molecule has 7 nitrogen and oxygen atoms in total. The van der Waals surface area contributed by atoms with E-state index in [2.05, 4.69) is 0 Å². The van der Waals surface area contributed by atoms with E-state index in [1.165, 1.54) is 43.4 Å². The molecular weight excluding hydrogens is 433 g/mol. The van der Waals surface area contributed by atoms with Gasteiger partial charge in [0.25, 0.3) is 11.7 Å². The number of aliphatic hydroxyl groups is 1. The number of benzene rings is 2. The Kier molecular flexibility index (Phi) is 6.55. The Labute approximate surface area is 183 Å². The lowest BCUT2D eigenvalue weighted by Crippen LogP contribution is -2.32. The van der Waals surface area contributed by atoms with Gasteiger partial charge in [0.15, 0.2) is 0 Å². The number of rotatable bonds is 6. The second-order valence-electron chi connectivity index (χ2n) is 6.54. The van der Waals surface area contributed by atoms with Crippen molar-refractivity contribution in [2.45, 2.75) is 6.04 Å². The Bertz CT molecular complexity index is 1040. The molecule has 1 aliphatic rings. The van der Waals surface area contributed by atoms with Crippen molar-refractivity contribution in [3.05, 3.63) is 63.1 Å². The number of Topliss-reactive ketones (excluding diaryl/α,β-unsaturated/α-hetero) is 1. The van der Waals surface area contributed by atoms with Gasteiger partial charge in [0.2, 0.25) is 0 Å². The number of hydrogen-bond acceptors (Lipinski definition) is 6. The van der Waals surface area contributed by atoms with Crippen LogP contribution in [0, 0.1) is 0 Å². The fraction of sp³-hybridized carbons (Fsp3) is 0.238. The van der Waals surface area contributed by atoms with Crippen molar-refractivity contribution in [2.24, 2.45) is 0 Å². The summed E-state index contributed by atoms with van der Waals surface area (Å²) in [6.07, 6.45) is 0. The highest BCUT2D eigenvalue weighted by molar-refractivity contribution is 6.46. The Balaban J connectivity index is 2.25. The smallest absolute Gasteiger partial charge is 0.295 e. The van der Waals surface area contributed by atoms with E-state index >= 15 is 0 Å². The number of ketones is 1. The van der Waals surface area contributed by atoms with Crippen LogP contribution >= 0.6 is 23.2 Å². The topological polar surface area (TPSA) is 96.3 Å². The Morgan fingerprint density at radius 2 is 1.87 bits per heavy atom. The predicted octanol–water partition coefficient (Wildman–Crippen LogP) is 3.78. The van der Waals surface area contributed by atoms with E-state index in [0.717, 1.165) is 0 Å². The zero-order valence-electron chi connectivity index (χ0n) is 16.2. The Hall–Kier alpha value is -2.74. The number of carbonyl (C=O) groups is 2. The van der Waals surface area contributed by atoms with Gasteiger partial charge in [-0.25, -0.2) is 0 Å². The molecule has 0 aliphatic carbocycles. The van der Waals surface area contributed by atoms with E-state index in [4.69, 9.17) is 32.7 Å². The number of carbonyl (C=O) groups excluding carboxylic acids is 2. The number of phenols is 1. The first-order valence-corrected chi connectivity index (χ1v) is 9.65. The monoisotopic (exact) mass is 451 g/mol. The molecule has 1 heterocycles. The molecule has 0 spiro atoms. The van der Waals surface area contributed by atoms with Crippen molar-refractivity contribution in [1.29, 1.82) is 0 Å². The van der Waals surface area contributed by atoms with Crippen LogP contribution in [0.3, 0.4) is 0 Å². The molecule has 0 aromatic heterocycles. The SMILES string of the molecule is COCCN1C(=O)C(=O)/C(=C(/O)c2cc(Cl)ccc2OC)C1c1ccc(O)c(Cl)c1. The normalized spacial score (nSPS) is 18.1. The van der Waals surface area contributed by atoms with Crippen LogP contribution in [-0.2, 0) is 14.3 Å². The van der Waals surface area contributed by atoms with Gasteiger partial charge in [0.1, 0.15) is 17.3 Å². The van der Waals surface area contributed by atoms with Gasteiger partial charge < -0.3 is 24.6 Å². The highest BCUT2D eigenvalue weighted by atomic mass is 35.5. The minimum absolute atomic E-state index is 0.0464. The third-order valence-corrected chi connectivity index (χ3v) is 5.32. The Morgan fingerprint density at radius 3 is 2.50 bits per heavy atom. The average molecular weight is 452 g/mol. The first kappa shape index (κ1) is 22.0. The van der Waals surface area contributed by atoms with Gasteiger partial charge in [-0.1, -0.05) is 29.3 Å². The minimum Gasteiger partial charge on any atom is -0.507 e. The fourth-order valence-electron chi connectivity index (χ4n) is 3.35. The van der Waals surface area contributed by atoms with Crippen LogP contribution in [0.2, 0.25) is 10.0 Å². The zero-order chi connectivity index (χ0) is 22.0. The summed E-state index contributed by atoms with van der Waals surface area (Å²) >= 11 is 12.1. The number of ether oxygens (including phenoxy) is 2. The van der Waals surface area contributed by atoms with E-state index in [1.807, 2.05) is 0 Å². The maximum absolute atomic E-state index is 12.9. The zero-order valence-corrected chi connectivity index (χ0v) is 17.7. The van der Waals surface area contributed by atoms with Crippen LogP contribution in [0.1, 0.15) is 17.2 Å². The predicted molar refractivity (Wildman–Crippen MR) is 112 cm³/mol. The number of hydrogen-bond donors (Lipinski definition) is 2. The molecule has 1 aliphatic heterocycles. The summed E-state index contributed by atoms with van der Waals surface area (Å²) in [6.45, 7) is 0.281. The van der Waals surface area contributed by atoms with Crippen molar-refractivity contribution < 1.29 is 29.3 Å². The van der Waals surface area contributed by atoms with E-state index < -0.39 is 23.5 Å². The lowest BCUT2D eigenvalue weighted by Gasteiger charge is -2.25.